The fourth-order valence-electron chi connectivity index (χ4n) is 3.57. The SMILES string of the molecule is COc1ccc2c(c1)c(C(=O)C(=O)Nc1ccnc(OC)c1)c(C)n2Cc1ccc(Cl)nn1. The maximum atomic E-state index is 13.3. The molecule has 0 saturated carbocycles. The Morgan fingerprint density at radius 2 is 1.88 bits per heavy atom. The standard InChI is InChI=1S/C23H20ClN5O4/c1-13-21(22(30)23(31)26-14-8-9-25-20(10-14)33-3)17-11-16(32-2)5-6-18(17)29(13)12-15-4-7-19(24)28-27-15/h4-11H,12H2,1-3H3,(H,25,26,31). The maximum Gasteiger partial charge on any atom is 0.296 e. The molecule has 1 N–H and O–H groups in total. The van der Waals surface area contributed by atoms with Crippen molar-refractivity contribution in [2.24, 2.45) is 0 Å². The van der Waals surface area contributed by atoms with Gasteiger partial charge in [0.1, 0.15) is 5.75 Å². The van der Waals surface area contributed by atoms with Crippen molar-refractivity contribution in [3.05, 3.63) is 70.8 Å². The van der Waals surface area contributed by atoms with Gasteiger partial charge in [-0.1, -0.05) is 11.6 Å². The zero-order chi connectivity index (χ0) is 23.5. The molecule has 1 aromatic carbocycles. The van der Waals surface area contributed by atoms with E-state index in [2.05, 4.69) is 20.5 Å². The second-order valence-corrected chi connectivity index (χ2v) is 7.53. The summed E-state index contributed by atoms with van der Waals surface area (Å²) in [6, 6.07) is 11.9. The van der Waals surface area contributed by atoms with Crippen LogP contribution in [0.25, 0.3) is 10.9 Å². The Kier molecular flexibility index (Phi) is 6.23. The van der Waals surface area contributed by atoms with Gasteiger partial charge in [-0.05, 0) is 43.3 Å². The predicted molar refractivity (Wildman–Crippen MR) is 123 cm³/mol. The van der Waals surface area contributed by atoms with Crippen LogP contribution in [0.2, 0.25) is 5.15 Å². The number of pyridine rings is 1. The first-order valence-corrected chi connectivity index (χ1v) is 10.3. The molecule has 3 aromatic heterocycles. The summed E-state index contributed by atoms with van der Waals surface area (Å²) >= 11 is 5.85. The number of rotatable bonds is 7. The van der Waals surface area contributed by atoms with E-state index in [0.717, 1.165) is 5.52 Å². The largest absolute Gasteiger partial charge is 0.497 e. The molecule has 9 nitrogen and oxygen atoms in total. The summed E-state index contributed by atoms with van der Waals surface area (Å²) in [5, 5.41) is 11.5. The molecule has 0 aliphatic rings. The van der Waals surface area contributed by atoms with Crippen LogP contribution >= 0.6 is 11.6 Å². The fraction of sp³-hybridized carbons (Fsp3) is 0.174. The first-order chi connectivity index (χ1) is 15.9. The number of ketones is 1. The number of carbonyl (C=O) groups is 2. The van der Waals surface area contributed by atoms with Gasteiger partial charge in [0, 0.05) is 34.5 Å². The molecule has 0 spiro atoms. The van der Waals surface area contributed by atoms with Crippen LogP contribution in [0.1, 0.15) is 21.7 Å². The molecule has 0 bridgehead atoms. The summed E-state index contributed by atoms with van der Waals surface area (Å²) in [6.07, 6.45) is 1.48. The number of amides is 1. The zero-order valence-electron chi connectivity index (χ0n) is 18.1. The summed E-state index contributed by atoms with van der Waals surface area (Å²) in [7, 11) is 3.01. The van der Waals surface area contributed by atoms with Gasteiger partial charge in [0.05, 0.1) is 32.0 Å². The van der Waals surface area contributed by atoms with E-state index in [-0.39, 0.29) is 10.7 Å². The number of Topliss-reactive ketones (excluding diaryl/α,β-unsaturated/α-hetero) is 1. The first-order valence-electron chi connectivity index (χ1n) is 9.92. The first kappa shape index (κ1) is 22.2. The Labute approximate surface area is 194 Å². The molecule has 33 heavy (non-hydrogen) atoms. The van der Waals surface area contributed by atoms with Crippen molar-refractivity contribution in [2.75, 3.05) is 19.5 Å². The lowest BCUT2D eigenvalue weighted by Crippen LogP contribution is -2.23. The molecule has 4 rings (SSSR count). The average Bonchev–Trinajstić information content (AvgIpc) is 3.10. The van der Waals surface area contributed by atoms with Crippen molar-refractivity contribution in [3.63, 3.8) is 0 Å². The fourth-order valence-corrected chi connectivity index (χ4v) is 3.67. The second-order valence-electron chi connectivity index (χ2n) is 7.15. The number of ether oxygens (including phenoxy) is 2. The van der Waals surface area contributed by atoms with Gasteiger partial charge in [0.15, 0.2) is 5.15 Å². The molecule has 0 aliphatic carbocycles. The number of benzene rings is 1. The van der Waals surface area contributed by atoms with Gasteiger partial charge < -0.3 is 19.4 Å². The molecule has 0 aliphatic heterocycles. The number of hydrogen-bond acceptors (Lipinski definition) is 7. The Balaban J connectivity index is 1.75. The number of fused-ring (bicyclic) bond motifs is 1. The van der Waals surface area contributed by atoms with Gasteiger partial charge in [-0.15, -0.1) is 5.10 Å². The van der Waals surface area contributed by atoms with Gasteiger partial charge >= 0.3 is 0 Å². The highest BCUT2D eigenvalue weighted by atomic mass is 35.5. The highest BCUT2D eigenvalue weighted by molar-refractivity contribution is 6.48. The molecule has 0 radical (unpaired) electrons. The minimum absolute atomic E-state index is 0.282. The van der Waals surface area contributed by atoms with Crippen molar-refractivity contribution in [1.29, 1.82) is 0 Å². The molecule has 0 unspecified atom stereocenters. The van der Waals surface area contributed by atoms with Crippen LogP contribution in [0.5, 0.6) is 11.6 Å². The lowest BCUT2D eigenvalue weighted by molar-refractivity contribution is -0.112. The molecule has 168 valence electrons. The molecule has 0 saturated heterocycles. The van der Waals surface area contributed by atoms with E-state index in [4.69, 9.17) is 21.1 Å². The van der Waals surface area contributed by atoms with E-state index < -0.39 is 11.7 Å². The Bertz CT molecular complexity index is 1350. The van der Waals surface area contributed by atoms with Gasteiger partial charge in [-0.3, -0.25) is 9.59 Å². The number of methoxy groups -OCH3 is 2. The molecule has 3 heterocycles. The number of hydrogen-bond donors (Lipinski definition) is 1. The molecule has 10 heteroatoms. The minimum Gasteiger partial charge on any atom is -0.497 e. The third kappa shape index (κ3) is 4.49. The van der Waals surface area contributed by atoms with Crippen LogP contribution in [0, 0.1) is 6.92 Å². The normalized spacial score (nSPS) is 10.8. The smallest absolute Gasteiger partial charge is 0.296 e. The summed E-state index contributed by atoms with van der Waals surface area (Å²) in [4.78, 5) is 30.2. The van der Waals surface area contributed by atoms with E-state index in [0.29, 0.717) is 40.6 Å². The molecular weight excluding hydrogens is 446 g/mol. The van der Waals surface area contributed by atoms with E-state index in [1.54, 1.807) is 44.4 Å². The third-order valence-corrected chi connectivity index (χ3v) is 5.37. The van der Waals surface area contributed by atoms with Crippen LogP contribution in [0.3, 0.4) is 0 Å². The van der Waals surface area contributed by atoms with Crippen molar-refractivity contribution < 1.29 is 19.1 Å². The minimum atomic E-state index is -0.778. The molecule has 0 atom stereocenters. The Morgan fingerprint density at radius 3 is 2.58 bits per heavy atom. The van der Waals surface area contributed by atoms with Crippen LogP contribution in [-0.2, 0) is 11.3 Å². The monoisotopic (exact) mass is 465 g/mol. The number of anilines is 1. The van der Waals surface area contributed by atoms with Crippen molar-refractivity contribution >= 4 is 39.9 Å². The van der Waals surface area contributed by atoms with Gasteiger partial charge in [-0.25, -0.2) is 4.98 Å². The third-order valence-electron chi connectivity index (χ3n) is 5.17. The van der Waals surface area contributed by atoms with E-state index >= 15 is 0 Å². The molecule has 4 aromatic rings. The number of aromatic nitrogens is 4. The summed E-state index contributed by atoms with van der Waals surface area (Å²) in [5.74, 6) is -0.567. The Morgan fingerprint density at radius 1 is 1.06 bits per heavy atom. The van der Waals surface area contributed by atoms with Crippen molar-refractivity contribution in [1.82, 2.24) is 19.7 Å². The van der Waals surface area contributed by atoms with Gasteiger partial charge in [0.2, 0.25) is 5.88 Å². The van der Waals surface area contributed by atoms with E-state index in [9.17, 15) is 9.59 Å². The Hall–Kier alpha value is -3.98. The van der Waals surface area contributed by atoms with Gasteiger partial charge in [0.25, 0.3) is 11.7 Å². The zero-order valence-corrected chi connectivity index (χ0v) is 18.9. The maximum absolute atomic E-state index is 13.3. The van der Waals surface area contributed by atoms with Gasteiger partial charge in [-0.2, -0.15) is 5.10 Å². The lowest BCUT2D eigenvalue weighted by atomic mass is 10.1. The summed E-state index contributed by atoms with van der Waals surface area (Å²) in [6.45, 7) is 2.13. The number of nitrogens with one attached hydrogen (secondary N) is 1. The van der Waals surface area contributed by atoms with Crippen LogP contribution in [0.4, 0.5) is 5.69 Å². The number of halogens is 1. The summed E-state index contributed by atoms with van der Waals surface area (Å²) < 4.78 is 12.3. The summed E-state index contributed by atoms with van der Waals surface area (Å²) in [5.41, 5.74) is 2.71. The highest BCUT2D eigenvalue weighted by Crippen LogP contribution is 2.31. The lowest BCUT2D eigenvalue weighted by Gasteiger charge is -2.08. The van der Waals surface area contributed by atoms with Crippen LogP contribution in [0.15, 0.2) is 48.7 Å². The second kappa shape index (κ2) is 9.25. The quantitative estimate of drug-likeness (QED) is 0.327. The molecular formula is C23H20ClN5O4. The number of carbonyl (C=O) groups excluding carboxylic acids is 2. The topological polar surface area (TPSA) is 108 Å². The molecule has 1 amide bonds. The average molecular weight is 466 g/mol. The van der Waals surface area contributed by atoms with Crippen LogP contribution < -0.4 is 14.8 Å². The van der Waals surface area contributed by atoms with Crippen molar-refractivity contribution in [2.45, 2.75) is 13.5 Å². The predicted octanol–water partition coefficient (Wildman–Crippen LogP) is 3.68. The number of nitrogens with zero attached hydrogens (tertiary/aromatic N) is 4. The molecule has 0 fully saturated rings. The van der Waals surface area contributed by atoms with E-state index in [1.807, 2.05) is 10.6 Å². The van der Waals surface area contributed by atoms with E-state index in [1.165, 1.54) is 19.4 Å². The highest BCUT2D eigenvalue weighted by Gasteiger charge is 2.26. The van der Waals surface area contributed by atoms with Crippen molar-refractivity contribution in [3.8, 4) is 11.6 Å². The van der Waals surface area contributed by atoms with Crippen LogP contribution in [-0.4, -0.2) is 45.7 Å².